The Hall–Kier alpha value is -2.32. The maximum Gasteiger partial charge on any atom is 0.166 e. The number of nitrogens with one attached hydrogen (secondary N) is 1. The summed E-state index contributed by atoms with van der Waals surface area (Å²) in [5, 5.41) is 0.800. The molecular formula is C25H31FN3O4PS. The minimum atomic E-state index is -2.67. The Kier molecular flexibility index (Phi) is 7.62. The molecule has 0 amide bonds. The van der Waals surface area contributed by atoms with Crippen molar-refractivity contribution in [3.63, 3.8) is 0 Å². The number of hydroxylamine groups is 1. The van der Waals surface area contributed by atoms with Crippen LogP contribution in [0.5, 0.6) is 0 Å². The standard InChI is InChI=1S/C25H31FN3O4PS/c1-15-19-11-20-22(12-21(19)29(34(4,5)30)13-18(32-15)14-35-6)33-24(16-7-9-17(26)10-8-16)23(20)25(27-2)28-31-3/h7-12,15,18H,13-14H2,1-6H3,(H,27,28). The fourth-order valence-corrected chi connectivity index (χ4v) is 6.30. The van der Waals surface area contributed by atoms with E-state index in [1.807, 2.05) is 30.0 Å². The predicted molar refractivity (Wildman–Crippen MR) is 143 cm³/mol. The van der Waals surface area contributed by atoms with Crippen LogP contribution in [0.4, 0.5) is 10.1 Å². The smallest absolute Gasteiger partial charge is 0.166 e. The molecule has 10 heteroatoms. The second-order valence-electron chi connectivity index (χ2n) is 8.83. The number of hydrogen-bond donors (Lipinski definition) is 1. The molecule has 188 valence electrons. The van der Waals surface area contributed by atoms with Crippen LogP contribution in [-0.4, -0.2) is 58.0 Å². The van der Waals surface area contributed by atoms with Crippen LogP contribution in [0.3, 0.4) is 0 Å². The fraction of sp³-hybridized carbons (Fsp3) is 0.400. The van der Waals surface area contributed by atoms with E-state index in [1.165, 1.54) is 19.2 Å². The van der Waals surface area contributed by atoms with Crippen molar-refractivity contribution in [2.75, 3.05) is 50.7 Å². The van der Waals surface area contributed by atoms with Gasteiger partial charge >= 0.3 is 0 Å². The van der Waals surface area contributed by atoms with Crippen LogP contribution in [0.1, 0.15) is 24.2 Å². The van der Waals surface area contributed by atoms with Crippen LogP contribution in [0.2, 0.25) is 0 Å². The number of halogens is 1. The summed E-state index contributed by atoms with van der Waals surface area (Å²) in [5.41, 5.74) is 6.59. The summed E-state index contributed by atoms with van der Waals surface area (Å²) in [7, 11) is 0.500. The zero-order valence-corrected chi connectivity index (χ0v) is 22.5. The Morgan fingerprint density at radius 3 is 2.63 bits per heavy atom. The van der Waals surface area contributed by atoms with Crippen molar-refractivity contribution in [1.29, 1.82) is 0 Å². The third-order valence-electron chi connectivity index (χ3n) is 6.03. The van der Waals surface area contributed by atoms with Gasteiger partial charge in [0.05, 0.1) is 37.1 Å². The fourth-order valence-electron chi connectivity index (χ4n) is 4.47. The molecule has 1 aromatic heterocycles. The molecule has 3 aromatic rings. The first-order chi connectivity index (χ1) is 16.7. The van der Waals surface area contributed by atoms with Gasteiger partial charge in [-0.1, -0.05) is 0 Å². The molecule has 1 aliphatic heterocycles. The van der Waals surface area contributed by atoms with Crippen LogP contribution in [0.25, 0.3) is 22.3 Å². The summed E-state index contributed by atoms with van der Waals surface area (Å²) in [6.07, 6.45) is 1.75. The van der Waals surface area contributed by atoms with Gasteiger partial charge in [-0.05, 0) is 43.5 Å². The summed E-state index contributed by atoms with van der Waals surface area (Å²) < 4.78 is 41.8. The minimum absolute atomic E-state index is 0.0657. The van der Waals surface area contributed by atoms with Gasteiger partial charge in [0.2, 0.25) is 0 Å². The first-order valence-corrected chi connectivity index (χ1v) is 15.2. The van der Waals surface area contributed by atoms with Crippen molar-refractivity contribution in [3.8, 4) is 11.3 Å². The van der Waals surface area contributed by atoms with E-state index >= 15 is 0 Å². The first-order valence-electron chi connectivity index (χ1n) is 11.3. The van der Waals surface area contributed by atoms with Gasteiger partial charge in [0.15, 0.2) is 13.1 Å². The highest BCUT2D eigenvalue weighted by Crippen LogP contribution is 2.51. The number of thioether (sulfide) groups is 1. The summed E-state index contributed by atoms with van der Waals surface area (Å²) in [6.45, 7) is 6.09. The highest BCUT2D eigenvalue weighted by molar-refractivity contribution is 7.98. The molecule has 0 bridgehead atoms. The SMILES string of the molecule is CN=C(NOC)c1c(-c2ccc(F)cc2)oc2cc3c(cc12)C(C)OC(CSC)CN3P(C)(C)=O. The monoisotopic (exact) mass is 519 g/mol. The Labute approximate surface area is 209 Å². The molecule has 35 heavy (non-hydrogen) atoms. The zero-order chi connectivity index (χ0) is 25.3. The number of benzene rings is 2. The van der Waals surface area contributed by atoms with Crippen molar-refractivity contribution in [3.05, 3.63) is 53.3 Å². The highest BCUT2D eigenvalue weighted by Gasteiger charge is 2.34. The number of furan rings is 1. The average Bonchev–Trinajstić information content (AvgIpc) is 3.11. The van der Waals surface area contributed by atoms with Crippen molar-refractivity contribution in [2.24, 2.45) is 4.99 Å². The van der Waals surface area contributed by atoms with Gasteiger partial charge in [-0.25, -0.2) is 9.87 Å². The van der Waals surface area contributed by atoms with Gasteiger partial charge in [-0.15, -0.1) is 0 Å². The molecule has 4 rings (SSSR count). The van der Waals surface area contributed by atoms with Crippen molar-refractivity contribution < 1.29 is 22.9 Å². The second-order valence-corrected chi connectivity index (χ2v) is 12.8. The van der Waals surface area contributed by atoms with Gasteiger partial charge in [0.1, 0.15) is 17.2 Å². The summed E-state index contributed by atoms with van der Waals surface area (Å²) >= 11 is 1.71. The summed E-state index contributed by atoms with van der Waals surface area (Å²) in [5.74, 6) is 1.47. The zero-order valence-electron chi connectivity index (χ0n) is 20.8. The maximum atomic E-state index is 13.6. The van der Waals surface area contributed by atoms with Gasteiger partial charge < -0.3 is 18.4 Å². The first kappa shape index (κ1) is 25.8. The van der Waals surface area contributed by atoms with E-state index in [0.717, 1.165) is 22.4 Å². The molecule has 2 unspecified atom stereocenters. The molecular weight excluding hydrogens is 488 g/mol. The Balaban J connectivity index is 2.00. The quantitative estimate of drug-likeness (QED) is 0.187. The predicted octanol–water partition coefficient (Wildman–Crippen LogP) is 5.93. The van der Waals surface area contributed by atoms with Gasteiger partial charge in [-0.3, -0.25) is 9.83 Å². The number of ether oxygens (including phenoxy) is 1. The Morgan fingerprint density at radius 2 is 2.03 bits per heavy atom. The van der Waals surface area contributed by atoms with Crippen LogP contribution >= 0.6 is 19.1 Å². The Bertz CT molecular complexity index is 1290. The molecule has 0 fully saturated rings. The second kappa shape index (κ2) is 10.3. The molecule has 0 aliphatic carbocycles. The average molecular weight is 520 g/mol. The lowest BCUT2D eigenvalue weighted by Crippen LogP contribution is -2.31. The molecule has 7 nitrogen and oxygen atoms in total. The van der Waals surface area contributed by atoms with E-state index in [4.69, 9.17) is 14.0 Å². The van der Waals surface area contributed by atoms with Crippen molar-refractivity contribution in [2.45, 2.75) is 19.1 Å². The van der Waals surface area contributed by atoms with Crippen LogP contribution in [0.15, 0.2) is 45.8 Å². The molecule has 0 spiro atoms. The number of nitrogens with zero attached hydrogens (tertiary/aromatic N) is 2. The van der Waals surface area contributed by atoms with Crippen LogP contribution in [-0.2, 0) is 14.1 Å². The number of fused-ring (bicyclic) bond motifs is 2. The van der Waals surface area contributed by atoms with E-state index in [-0.39, 0.29) is 18.0 Å². The number of rotatable bonds is 6. The maximum absolute atomic E-state index is 13.6. The molecule has 0 saturated carbocycles. The van der Waals surface area contributed by atoms with E-state index in [1.54, 1.807) is 44.3 Å². The summed E-state index contributed by atoms with van der Waals surface area (Å²) in [4.78, 5) is 9.55. The Morgan fingerprint density at radius 1 is 1.31 bits per heavy atom. The topological polar surface area (TPSA) is 76.3 Å². The molecule has 2 aromatic carbocycles. The van der Waals surface area contributed by atoms with Gasteiger partial charge in [0.25, 0.3) is 0 Å². The van der Waals surface area contributed by atoms with E-state index in [9.17, 15) is 8.96 Å². The van der Waals surface area contributed by atoms with Gasteiger partial charge in [-0.2, -0.15) is 11.8 Å². The lowest BCUT2D eigenvalue weighted by Gasteiger charge is -2.30. The number of hydrogen-bond acceptors (Lipinski definition) is 6. The number of aliphatic imine (C=N–C) groups is 1. The normalized spacial score (nSPS) is 19.1. The lowest BCUT2D eigenvalue weighted by atomic mass is 10.0. The minimum Gasteiger partial charge on any atom is -0.455 e. The molecule has 0 saturated heterocycles. The third kappa shape index (κ3) is 5.14. The van der Waals surface area contributed by atoms with Crippen molar-refractivity contribution >= 4 is 41.5 Å². The third-order valence-corrected chi connectivity index (χ3v) is 8.27. The highest BCUT2D eigenvalue weighted by atomic mass is 32.2. The number of anilines is 1. The molecule has 2 atom stereocenters. The van der Waals surface area contributed by atoms with Crippen LogP contribution in [0, 0.1) is 5.82 Å². The largest absolute Gasteiger partial charge is 0.455 e. The molecule has 1 aliphatic rings. The van der Waals surface area contributed by atoms with Gasteiger partial charge in [0, 0.05) is 48.7 Å². The van der Waals surface area contributed by atoms with E-state index < -0.39 is 7.29 Å². The molecule has 2 heterocycles. The van der Waals surface area contributed by atoms with Crippen LogP contribution < -0.4 is 10.2 Å². The lowest BCUT2D eigenvalue weighted by molar-refractivity contribution is 0.0202. The number of amidine groups is 1. The summed E-state index contributed by atoms with van der Waals surface area (Å²) in [6, 6.07) is 10.1. The van der Waals surface area contributed by atoms with E-state index in [2.05, 4.69) is 10.5 Å². The van der Waals surface area contributed by atoms with Crippen molar-refractivity contribution in [1.82, 2.24) is 5.48 Å². The molecule has 1 N–H and O–H groups in total. The van der Waals surface area contributed by atoms with E-state index in [0.29, 0.717) is 34.9 Å². The molecule has 0 radical (unpaired) electrons.